The third-order valence-electron chi connectivity index (χ3n) is 2.98. The predicted octanol–water partition coefficient (Wildman–Crippen LogP) is 2.52. The molecule has 1 atom stereocenters. The lowest BCUT2D eigenvalue weighted by atomic mass is 10.0. The van der Waals surface area contributed by atoms with E-state index in [1.807, 2.05) is 13.8 Å². The quantitative estimate of drug-likeness (QED) is 0.644. The maximum atomic E-state index is 12.0. The van der Waals surface area contributed by atoms with Gasteiger partial charge in [-0.1, -0.05) is 25.2 Å². The van der Waals surface area contributed by atoms with E-state index in [0.29, 0.717) is 23.8 Å². The molecule has 0 fully saturated rings. The number of nitrogens with zero attached hydrogens (tertiary/aromatic N) is 2. The van der Waals surface area contributed by atoms with Gasteiger partial charge < -0.3 is 10.6 Å². The highest BCUT2D eigenvalue weighted by Crippen LogP contribution is 2.24. The molecule has 114 valence electrons. The summed E-state index contributed by atoms with van der Waals surface area (Å²) in [6, 6.07) is 2.89. The van der Waals surface area contributed by atoms with Gasteiger partial charge in [-0.25, -0.2) is 0 Å². The number of nitro groups is 1. The zero-order valence-electron chi connectivity index (χ0n) is 11.7. The second-order valence-corrected chi connectivity index (χ2v) is 5.88. The fraction of sp³-hybridized carbons (Fsp3) is 0.583. The van der Waals surface area contributed by atoms with Crippen molar-refractivity contribution < 1.29 is 9.72 Å². The first-order chi connectivity index (χ1) is 8.82. The number of carbonyl (C=O) groups is 1. The van der Waals surface area contributed by atoms with E-state index < -0.39 is 4.92 Å². The summed E-state index contributed by atoms with van der Waals surface area (Å²) in [4.78, 5) is 24.1. The van der Waals surface area contributed by atoms with Crippen LogP contribution in [0.4, 0.5) is 5.00 Å². The van der Waals surface area contributed by atoms with Crippen LogP contribution >= 0.6 is 23.7 Å². The fourth-order valence-corrected chi connectivity index (χ4v) is 2.32. The molecule has 1 unspecified atom stereocenters. The Kier molecular flexibility index (Phi) is 7.70. The van der Waals surface area contributed by atoms with Crippen LogP contribution in [-0.4, -0.2) is 35.4 Å². The van der Waals surface area contributed by atoms with Crippen LogP contribution < -0.4 is 5.73 Å². The van der Waals surface area contributed by atoms with Crippen LogP contribution in [0, 0.1) is 16.0 Å². The zero-order chi connectivity index (χ0) is 14.6. The number of amides is 1. The Balaban J connectivity index is 0.00000361. The predicted molar refractivity (Wildman–Crippen MR) is 82.6 cm³/mol. The minimum Gasteiger partial charge on any atom is -0.341 e. The van der Waals surface area contributed by atoms with Crippen molar-refractivity contribution in [2.24, 2.45) is 11.7 Å². The van der Waals surface area contributed by atoms with Crippen LogP contribution in [0.25, 0.3) is 0 Å². The first kappa shape index (κ1) is 18.8. The van der Waals surface area contributed by atoms with Gasteiger partial charge in [-0.15, -0.1) is 12.4 Å². The minimum absolute atomic E-state index is 0. The van der Waals surface area contributed by atoms with E-state index in [9.17, 15) is 14.9 Å². The maximum Gasteiger partial charge on any atom is 0.324 e. The lowest BCUT2D eigenvalue weighted by Gasteiger charge is -2.21. The standard InChI is InChI=1S/C12H19N3O3S.ClH/c1-8(2)9(13)6-7-14(3)12(16)10-4-5-11(19-10)15(17)18;/h4-5,8-9H,6-7,13H2,1-3H3;1H. The molecule has 0 saturated carbocycles. The third kappa shape index (κ3) is 5.07. The molecular formula is C12H20ClN3O3S. The highest BCUT2D eigenvalue weighted by atomic mass is 35.5. The average Bonchev–Trinajstić information content (AvgIpc) is 2.83. The molecule has 1 aromatic heterocycles. The van der Waals surface area contributed by atoms with Gasteiger partial charge in [0.2, 0.25) is 0 Å². The molecule has 6 nitrogen and oxygen atoms in total. The Morgan fingerprint density at radius 1 is 1.50 bits per heavy atom. The molecule has 0 aliphatic heterocycles. The summed E-state index contributed by atoms with van der Waals surface area (Å²) in [7, 11) is 1.68. The topological polar surface area (TPSA) is 89.5 Å². The maximum absolute atomic E-state index is 12.0. The lowest BCUT2D eigenvalue weighted by Crippen LogP contribution is -2.34. The Hall–Kier alpha value is -1.18. The monoisotopic (exact) mass is 321 g/mol. The molecule has 0 bridgehead atoms. The number of nitrogens with two attached hydrogens (primary N) is 1. The van der Waals surface area contributed by atoms with Crippen LogP contribution in [-0.2, 0) is 0 Å². The van der Waals surface area contributed by atoms with E-state index in [0.717, 1.165) is 11.3 Å². The van der Waals surface area contributed by atoms with Crippen molar-refractivity contribution in [2.45, 2.75) is 26.3 Å². The Bertz CT molecular complexity index is 465. The molecule has 2 N–H and O–H groups in total. The smallest absolute Gasteiger partial charge is 0.324 e. The fourth-order valence-electron chi connectivity index (χ4n) is 1.51. The van der Waals surface area contributed by atoms with Gasteiger partial charge in [-0.05, 0) is 18.4 Å². The largest absolute Gasteiger partial charge is 0.341 e. The number of carbonyl (C=O) groups excluding carboxylic acids is 1. The Labute approximate surface area is 128 Å². The van der Waals surface area contributed by atoms with Crippen molar-refractivity contribution in [1.82, 2.24) is 4.90 Å². The molecule has 0 spiro atoms. The van der Waals surface area contributed by atoms with Crippen molar-refractivity contribution in [2.75, 3.05) is 13.6 Å². The molecule has 0 aliphatic carbocycles. The molecule has 20 heavy (non-hydrogen) atoms. The van der Waals surface area contributed by atoms with Crippen molar-refractivity contribution in [1.29, 1.82) is 0 Å². The molecule has 0 saturated heterocycles. The minimum atomic E-state index is -0.490. The van der Waals surface area contributed by atoms with Crippen LogP contribution in [0.1, 0.15) is 29.9 Å². The highest BCUT2D eigenvalue weighted by Gasteiger charge is 2.19. The molecule has 1 amide bonds. The normalized spacial score (nSPS) is 11.8. The van der Waals surface area contributed by atoms with Crippen molar-refractivity contribution in [3.63, 3.8) is 0 Å². The molecule has 1 rings (SSSR count). The first-order valence-electron chi connectivity index (χ1n) is 6.08. The van der Waals surface area contributed by atoms with Crippen LogP contribution in [0.5, 0.6) is 0 Å². The highest BCUT2D eigenvalue weighted by molar-refractivity contribution is 7.17. The summed E-state index contributed by atoms with van der Waals surface area (Å²) in [6.07, 6.45) is 0.716. The van der Waals surface area contributed by atoms with E-state index in [1.54, 1.807) is 11.9 Å². The van der Waals surface area contributed by atoms with Gasteiger partial charge in [-0.2, -0.15) is 0 Å². The summed E-state index contributed by atoms with van der Waals surface area (Å²) < 4.78 is 0. The summed E-state index contributed by atoms with van der Waals surface area (Å²) >= 11 is 0.896. The molecule has 8 heteroatoms. The summed E-state index contributed by atoms with van der Waals surface area (Å²) in [6.45, 7) is 4.62. The van der Waals surface area contributed by atoms with Crippen molar-refractivity contribution in [3.8, 4) is 0 Å². The average molecular weight is 322 g/mol. The van der Waals surface area contributed by atoms with E-state index in [-0.39, 0.29) is 29.4 Å². The van der Waals surface area contributed by atoms with Gasteiger partial charge >= 0.3 is 5.00 Å². The molecule has 0 radical (unpaired) electrons. The number of thiophene rings is 1. The van der Waals surface area contributed by atoms with Crippen LogP contribution in [0.3, 0.4) is 0 Å². The molecule has 0 aliphatic rings. The molecule has 1 aromatic rings. The summed E-state index contributed by atoms with van der Waals surface area (Å²) in [5, 5.41) is 10.6. The lowest BCUT2D eigenvalue weighted by molar-refractivity contribution is -0.380. The second kappa shape index (κ2) is 8.18. The van der Waals surface area contributed by atoms with Gasteiger partial charge in [0.1, 0.15) is 0 Å². The molecule has 1 heterocycles. The summed E-state index contributed by atoms with van der Waals surface area (Å²) in [5.74, 6) is 0.167. The van der Waals surface area contributed by atoms with Gasteiger partial charge in [-0.3, -0.25) is 14.9 Å². The van der Waals surface area contributed by atoms with E-state index >= 15 is 0 Å². The van der Waals surface area contributed by atoms with Crippen LogP contribution in [0.2, 0.25) is 0 Å². The van der Waals surface area contributed by atoms with E-state index in [1.165, 1.54) is 12.1 Å². The van der Waals surface area contributed by atoms with Gasteiger partial charge in [0.15, 0.2) is 0 Å². The summed E-state index contributed by atoms with van der Waals surface area (Å²) in [5.41, 5.74) is 5.92. The first-order valence-corrected chi connectivity index (χ1v) is 6.89. The van der Waals surface area contributed by atoms with Crippen LogP contribution in [0.15, 0.2) is 12.1 Å². The number of hydrogen-bond donors (Lipinski definition) is 1. The molecule has 0 aromatic carbocycles. The Morgan fingerprint density at radius 2 is 2.10 bits per heavy atom. The third-order valence-corrected chi connectivity index (χ3v) is 4.01. The number of rotatable bonds is 6. The number of halogens is 1. The second-order valence-electron chi connectivity index (χ2n) is 4.82. The van der Waals surface area contributed by atoms with E-state index in [2.05, 4.69) is 0 Å². The zero-order valence-corrected chi connectivity index (χ0v) is 13.4. The van der Waals surface area contributed by atoms with Crippen molar-refractivity contribution >= 4 is 34.7 Å². The van der Waals surface area contributed by atoms with Gasteiger partial charge in [0, 0.05) is 25.7 Å². The van der Waals surface area contributed by atoms with Crippen molar-refractivity contribution in [3.05, 3.63) is 27.1 Å². The number of hydrogen-bond acceptors (Lipinski definition) is 5. The van der Waals surface area contributed by atoms with Gasteiger partial charge in [0.05, 0.1) is 9.80 Å². The Morgan fingerprint density at radius 3 is 2.55 bits per heavy atom. The van der Waals surface area contributed by atoms with Gasteiger partial charge in [0.25, 0.3) is 5.91 Å². The van der Waals surface area contributed by atoms with E-state index in [4.69, 9.17) is 5.73 Å². The SMILES string of the molecule is CC(C)C(N)CCN(C)C(=O)c1ccc([N+](=O)[O-])s1.Cl. The molecular weight excluding hydrogens is 302 g/mol.